The van der Waals surface area contributed by atoms with Crippen LogP contribution in [0.5, 0.6) is 0 Å². The number of aromatic nitrogens is 2. The van der Waals surface area contributed by atoms with Gasteiger partial charge in [-0.05, 0) is 24.0 Å². The molecule has 0 unspecified atom stereocenters. The fraction of sp³-hybridized carbons (Fsp3) is 0.167. The number of benzene rings is 1. The average Bonchev–Trinajstić information content (AvgIpc) is 2.31. The summed E-state index contributed by atoms with van der Waals surface area (Å²) < 4.78 is 1.07. The highest BCUT2D eigenvalue weighted by Gasteiger charge is 2.01. The van der Waals surface area contributed by atoms with Gasteiger partial charge in [0, 0.05) is 22.7 Å². The molecule has 0 spiro atoms. The molecule has 0 aliphatic carbocycles. The van der Waals surface area contributed by atoms with Crippen LogP contribution in [0.2, 0.25) is 0 Å². The van der Waals surface area contributed by atoms with Crippen molar-refractivity contribution >= 4 is 28.6 Å². The number of nitrogens with zero attached hydrogens (tertiary/aromatic N) is 2. The summed E-state index contributed by atoms with van der Waals surface area (Å²) in [6.45, 7) is 0. The second kappa shape index (κ2) is 5.46. The lowest BCUT2D eigenvalue weighted by atomic mass is 10.1. The molecule has 2 rings (SSSR count). The molecule has 1 aromatic heterocycles. The zero-order chi connectivity index (χ0) is 11.4. The van der Waals surface area contributed by atoms with E-state index in [0.717, 1.165) is 33.7 Å². The molecule has 0 bridgehead atoms. The minimum absolute atomic E-state index is 0.768. The number of hydrogen-bond acceptors (Lipinski definition) is 3. The molecule has 1 aromatic carbocycles. The van der Waals surface area contributed by atoms with Gasteiger partial charge >= 0.3 is 0 Å². The molecule has 0 N–H and O–H groups in total. The first-order chi connectivity index (χ1) is 7.79. The molecule has 82 valence electrons. The highest BCUT2D eigenvalue weighted by molar-refractivity contribution is 9.10. The monoisotopic (exact) mass is 294 g/mol. The van der Waals surface area contributed by atoms with Gasteiger partial charge in [0.1, 0.15) is 5.82 Å². The number of thiol groups is 1. The van der Waals surface area contributed by atoms with Gasteiger partial charge in [-0.15, -0.1) is 0 Å². The van der Waals surface area contributed by atoms with Gasteiger partial charge in [0.05, 0.1) is 5.69 Å². The van der Waals surface area contributed by atoms with Crippen LogP contribution in [-0.4, -0.2) is 15.7 Å². The summed E-state index contributed by atoms with van der Waals surface area (Å²) in [5.41, 5.74) is 2.06. The van der Waals surface area contributed by atoms with Crippen molar-refractivity contribution in [2.24, 2.45) is 0 Å². The van der Waals surface area contributed by atoms with E-state index >= 15 is 0 Å². The summed E-state index contributed by atoms with van der Waals surface area (Å²) in [6.07, 6.45) is 2.59. The van der Waals surface area contributed by atoms with E-state index < -0.39 is 0 Å². The SMILES string of the molecule is SCCc1nccc(-c2ccc(Br)cc2)n1. The zero-order valence-corrected chi connectivity index (χ0v) is 11.1. The van der Waals surface area contributed by atoms with Gasteiger partial charge in [-0.2, -0.15) is 12.6 Å². The summed E-state index contributed by atoms with van der Waals surface area (Å²) in [4.78, 5) is 8.69. The summed E-state index contributed by atoms with van der Waals surface area (Å²) in [6, 6.07) is 10.0. The van der Waals surface area contributed by atoms with Crippen molar-refractivity contribution in [3.8, 4) is 11.3 Å². The second-order valence-corrected chi connectivity index (χ2v) is 4.70. The molecule has 0 radical (unpaired) electrons. The van der Waals surface area contributed by atoms with Gasteiger partial charge in [-0.1, -0.05) is 28.1 Å². The maximum Gasteiger partial charge on any atom is 0.129 e. The fourth-order valence-electron chi connectivity index (χ4n) is 1.40. The van der Waals surface area contributed by atoms with Crippen molar-refractivity contribution < 1.29 is 0 Å². The highest BCUT2D eigenvalue weighted by atomic mass is 79.9. The third kappa shape index (κ3) is 2.83. The molecule has 0 aliphatic heterocycles. The third-order valence-electron chi connectivity index (χ3n) is 2.18. The Morgan fingerprint density at radius 3 is 2.56 bits per heavy atom. The molecule has 0 atom stereocenters. The van der Waals surface area contributed by atoms with Crippen LogP contribution >= 0.6 is 28.6 Å². The minimum atomic E-state index is 0.768. The number of hydrogen-bond donors (Lipinski definition) is 1. The normalized spacial score (nSPS) is 10.4. The predicted molar refractivity (Wildman–Crippen MR) is 72.7 cm³/mol. The maximum atomic E-state index is 4.49. The van der Waals surface area contributed by atoms with Crippen LogP contribution in [0, 0.1) is 0 Å². The second-order valence-electron chi connectivity index (χ2n) is 3.34. The van der Waals surface area contributed by atoms with Gasteiger partial charge in [0.15, 0.2) is 0 Å². The van der Waals surface area contributed by atoms with Crippen LogP contribution in [0.1, 0.15) is 5.82 Å². The first kappa shape index (κ1) is 11.6. The molecule has 0 fully saturated rings. The Bertz CT molecular complexity index is 471. The van der Waals surface area contributed by atoms with Crippen molar-refractivity contribution in [3.63, 3.8) is 0 Å². The lowest BCUT2D eigenvalue weighted by molar-refractivity contribution is 0.953. The smallest absolute Gasteiger partial charge is 0.129 e. The van der Waals surface area contributed by atoms with E-state index in [0.29, 0.717) is 0 Å². The number of aryl methyl sites for hydroxylation is 1. The quantitative estimate of drug-likeness (QED) is 0.878. The number of rotatable bonds is 3. The van der Waals surface area contributed by atoms with E-state index in [1.54, 1.807) is 6.20 Å². The van der Waals surface area contributed by atoms with Crippen LogP contribution in [0.15, 0.2) is 41.0 Å². The van der Waals surface area contributed by atoms with Crippen LogP contribution < -0.4 is 0 Å². The van der Waals surface area contributed by atoms with Gasteiger partial charge in [-0.3, -0.25) is 0 Å². The van der Waals surface area contributed by atoms with E-state index in [-0.39, 0.29) is 0 Å². The van der Waals surface area contributed by atoms with Crippen molar-refractivity contribution in [3.05, 3.63) is 46.8 Å². The van der Waals surface area contributed by atoms with Crippen LogP contribution in [0.3, 0.4) is 0 Å². The summed E-state index contributed by atoms with van der Waals surface area (Å²) in [5, 5.41) is 0. The first-order valence-electron chi connectivity index (χ1n) is 4.98. The van der Waals surface area contributed by atoms with Crippen molar-refractivity contribution in [2.45, 2.75) is 6.42 Å². The summed E-state index contributed by atoms with van der Waals surface area (Å²) in [5.74, 6) is 1.61. The van der Waals surface area contributed by atoms with Gasteiger partial charge < -0.3 is 0 Å². The minimum Gasteiger partial charge on any atom is -0.241 e. The van der Waals surface area contributed by atoms with Gasteiger partial charge in [0.25, 0.3) is 0 Å². The molecule has 0 saturated carbocycles. The lowest BCUT2D eigenvalue weighted by Gasteiger charge is -2.03. The maximum absolute atomic E-state index is 4.49. The van der Waals surface area contributed by atoms with Crippen LogP contribution in [0.4, 0.5) is 0 Å². The highest BCUT2D eigenvalue weighted by Crippen LogP contribution is 2.19. The molecule has 16 heavy (non-hydrogen) atoms. The van der Waals surface area contributed by atoms with Gasteiger partial charge in [-0.25, -0.2) is 9.97 Å². The zero-order valence-electron chi connectivity index (χ0n) is 8.60. The topological polar surface area (TPSA) is 25.8 Å². The van der Waals surface area contributed by atoms with E-state index in [4.69, 9.17) is 0 Å². The van der Waals surface area contributed by atoms with E-state index in [1.807, 2.05) is 30.3 Å². The molecule has 2 nitrogen and oxygen atoms in total. The summed E-state index contributed by atoms with van der Waals surface area (Å²) >= 11 is 7.60. The largest absolute Gasteiger partial charge is 0.241 e. The molecular formula is C12H11BrN2S. The van der Waals surface area contributed by atoms with E-state index in [1.165, 1.54) is 0 Å². The Morgan fingerprint density at radius 1 is 1.12 bits per heavy atom. The molecule has 0 amide bonds. The number of halogens is 1. The molecule has 4 heteroatoms. The predicted octanol–water partition coefficient (Wildman–Crippen LogP) is 3.38. The van der Waals surface area contributed by atoms with E-state index in [9.17, 15) is 0 Å². The Labute approximate surface area is 109 Å². The molecule has 2 aromatic rings. The lowest BCUT2D eigenvalue weighted by Crippen LogP contribution is -1.96. The Kier molecular flexibility index (Phi) is 3.96. The van der Waals surface area contributed by atoms with Crippen LogP contribution in [0.25, 0.3) is 11.3 Å². The van der Waals surface area contributed by atoms with Crippen LogP contribution in [-0.2, 0) is 6.42 Å². The Hall–Kier alpha value is -0.870. The molecule has 0 saturated heterocycles. The Morgan fingerprint density at radius 2 is 1.88 bits per heavy atom. The fourth-order valence-corrected chi connectivity index (χ4v) is 1.87. The third-order valence-corrected chi connectivity index (χ3v) is 2.93. The van der Waals surface area contributed by atoms with Crippen molar-refractivity contribution in [1.29, 1.82) is 0 Å². The van der Waals surface area contributed by atoms with Gasteiger partial charge in [0.2, 0.25) is 0 Å². The Balaban J connectivity index is 2.32. The molecule has 1 heterocycles. The first-order valence-corrected chi connectivity index (χ1v) is 6.41. The van der Waals surface area contributed by atoms with Crippen molar-refractivity contribution in [2.75, 3.05) is 5.75 Å². The van der Waals surface area contributed by atoms with Crippen molar-refractivity contribution in [1.82, 2.24) is 9.97 Å². The molecule has 0 aliphatic rings. The van der Waals surface area contributed by atoms with E-state index in [2.05, 4.69) is 38.5 Å². The molecular weight excluding hydrogens is 284 g/mol. The average molecular weight is 295 g/mol. The standard InChI is InChI=1S/C12H11BrN2S/c13-10-3-1-9(2-4-10)11-5-7-14-12(15-11)6-8-16/h1-5,7,16H,6,8H2. The summed E-state index contributed by atoms with van der Waals surface area (Å²) in [7, 11) is 0.